The summed E-state index contributed by atoms with van der Waals surface area (Å²) in [6.45, 7) is 1.45. The molecule has 0 saturated heterocycles. The van der Waals surface area contributed by atoms with Gasteiger partial charge in [-0.2, -0.15) is 0 Å². The van der Waals surface area contributed by atoms with E-state index in [-0.39, 0.29) is 16.9 Å². The van der Waals surface area contributed by atoms with Crippen molar-refractivity contribution < 1.29 is 19.1 Å². The maximum atomic E-state index is 12.5. The van der Waals surface area contributed by atoms with Gasteiger partial charge in [-0.15, -0.1) is 0 Å². The molecule has 2 N–H and O–H groups in total. The SMILES string of the molecule is COc1ccc(NC(=O)c2cncc(C(=O)Nc3cccc(C(C)=O)c3)c2)cc1. The number of aromatic nitrogens is 1. The number of ketones is 1. The van der Waals surface area contributed by atoms with Gasteiger partial charge in [0.1, 0.15) is 5.75 Å². The molecular formula is C22H19N3O4. The summed E-state index contributed by atoms with van der Waals surface area (Å²) < 4.78 is 5.08. The summed E-state index contributed by atoms with van der Waals surface area (Å²) in [6, 6.07) is 15.0. The van der Waals surface area contributed by atoms with E-state index in [4.69, 9.17) is 4.74 Å². The van der Waals surface area contributed by atoms with E-state index in [2.05, 4.69) is 15.6 Å². The number of benzene rings is 2. The number of amides is 2. The van der Waals surface area contributed by atoms with Gasteiger partial charge in [-0.1, -0.05) is 12.1 Å². The Morgan fingerprint density at radius 2 is 1.41 bits per heavy atom. The minimum atomic E-state index is -0.433. The molecule has 0 atom stereocenters. The number of hydrogen-bond donors (Lipinski definition) is 2. The fraction of sp³-hybridized carbons (Fsp3) is 0.0909. The molecular weight excluding hydrogens is 370 g/mol. The molecule has 1 aromatic heterocycles. The van der Waals surface area contributed by atoms with Crippen LogP contribution in [-0.2, 0) is 0 Å². The second-order valence-electron chi connectivity index (χ2n) is 6.24. The maximum absolute atomic E-state index is 12.5. The van der Waals surface area contributed by atoms with Crippen LogP contribution in [-0.4, -0.2) is 29.7 Å². The summed E-state index contributed by atoms with van der Waals surface area (Å²) in [6.07, 6.45) is 2.75. The van der Waals surface area contributed by atoms with Crippen LogP contribution in [0.4, 0.5) is 11.4 Å². The number of nitrogens with zero attached hydrogens (tertiary/aromatic N) is 1. The first-order valence-electron chi connectivity index (χ1n) is 8.79. The Labute approximate surface area is 167 Å². The molecule has 0 bridgehead atoms. The predicted octanol–water partition coefficient (Wildman–Crippen LogP) is 3.80. The third-order valence-electron chi connectivity index (χ3n) is 4.14. The zero-order chi connectivity index (χ0) is 20.8. The fourth-order valence-electron chi connectivity index (χ4n) is 2.59. The normalized spacial score (nSPS) is 10.1. The second-order valence-corrected chi connectivity index (χ2v) is 6.24. The molecule has 146 valence electrons. The number of carbonyl (C=O) groups excluding carboxylic acids is 3. The van der Waals surface area contributed by atoms with Gasteiger partial charge >= 0.3 is 0 Å². The molecule has 0 aliphatic carbocycles. The predicted molar refractivity (Wildman–Crippen MR) is 110 cm³/mol. The van der Waals surface area contributed by atoms with Crippen LogP contribution in [0.25, 0.3) is 0 Å². The van der Waals surface area contributed by atoms with Gasteiger partial charge in [0.25, 0.3) is 11.8 Å². The van der Waals surface area contributed by atoms with E-state index in [1.165, 1.54) is 25.4 Å². The lowest BCUT2D eigenvalue weighted by Crippen LogP contribution is -2.16. The lowest BCUT2D eigenvalue weighted by Gasteiger charge is -2.09. The number of carbonyl (C=O) groups is 3. The monoisotopic (exact) mass is 389 g/mol. The number of Topliss-reactive ketones (excluding diaryl/α,β-unsaturated/α-hetero) is 1. The van der Waals surface area contributed by atoms with Crippen LogP contribution in [0, 0.1) is 0 Å². The second kappa shape index (κ2) is 8.79. The summed E-state index contributed by atoms with van der Waals surface area (Å²) in [5.74, 6) is -0.245. The molecule has 0 fully saturated rings. The van der Waals surface area contributed by atoms with Gasteiger partial charge in [0, 0.05) is 29.3 Å². The van der Waals surface area contributed by atoms with Crippen molar-refractivity contribution in [1.82, 2.24) is 4.98 Å². The number of pyridine rings is 1. The van der Waals surface area contributed by atoms with Crippen LogP contribution in [0.3, 0.4) is 0 Å². The van der Waals surface area contributed by atoms with Crippen LogP contribution in [0.15, 0.2) is 67.0 Å². The van der Waals surface area contributed by atoms with Crippen LogP contribution in [0.5, 0.6) is 5.75 Å². The maximum Gasteiger partial charge on any atom is 0.257 e. The fourth-order valence-corrected chi connectivity index (χ4v) is 2.59. The van der Waals surface area contributed by atoms with Gasteiger partial charge in [-0.05, 0) is 49.4 Å². The van der Waals surface area contributed by atoms with E-state index in [0.717, 1.165) is 0 Å². The van der Waals surface area contributed by atoms with E-state index in [9.17, 15) is 14.4 Å². The third kappa shape index (κ3) is 5.04. The molecule has 3 rings (SSSR count). The first-order valence-corrected chi connectivity index (χ1v) is 8.79. The van der Waals surface area contributed by atoms with E-state index >= 15 is 0 Å². The first-order chi connectivity index (χ1) is 14.0. The number of nitrogens with one attached hydrogen (secondary N) is 2. The van der Waals surface area contributed by atoms with Crippen molar-refractivity contribution in [2.45, 2.75) is 6.92 Å². The largest absolute Gasteiger partial charge is 0.497 e. The topological polar surface area (TPSA) is 97.4 Å². The highest BCUT2D eigenvalue weighted by Crippen LogP contribution is 2.17. The van der Waals surface area contributed by atoms with Crippen LogP contribution in [0.2, 0.25) is 0 Å². The number of methoxy groups -OCH3 is 1. The van der Waals surface area contributed by atoms with Crippen LogP contribution in [0.1, 0.15) is 38.0 Å². The van der Waals surface area contributed by atoms with Crippen molar-refractivity contribution in [1.29, 1.82) is 0 Å². The number of ether oxygens (including phenoxy) is 1. The van der Waals surface area contributed by atoms with Crippen molar-refractivity contribution in [2.75, 3.05) is 17.7 Å². The first kappa shape index (κ1) is 19.8. The van der Waals surface area contributed by atoms with E-state index in [0.29, 0.717) is 22.7 Å². The zero-order valence-electron chi connectivity index (χ0n) is 15.9. The van der Waals surface area contributed by atoms with Crippen molar-refractivity contribution in [2.24, 2.45) is 0 Å². The average Bonchev–Trinajstić information content (AvgIpc) is 2.74. The highest BCUT2D eigenvalue weighted by molar-refractivity contribution is 6.08. The molecule has 1 heterocycles. The molecule has 0 saturated carbocycles. The molecule has 0 radical (unpaired) electrons. The number of hydrogen-bond acceptors (Lipinski definition) is 5. The lowest BCUT2D eigenvalue weighted by molar-refractivity contribution is 0.100. The van der Waals surface area contributed by atoms with Crippen molar-refractivity contribution in [3.05, 3.63) is 83.7 Å². The average molecular weight is 389 g/mol. The molecule has 2 aromatic carbocycles. The molecule has 7 heteroatoms. The van der Waals surface area contributed by atoms with E-state index in [1.807, 2.05) is 0 Å². The summed E-state index contributed by atoms with van der Waals surface area (Å²) in [7, 11) is 1.56. The summed E-state index contributed by atoms with van der Waals surface area (Å²) in [5.41, 5.74) is 2.03. The molecule has 0 spiro atoms. The Kier molecular flexibility index (Phi) is 5.99. The van der Waals surface area contributed by atoms with E-state index < -0.39 is 11.8 Å². The molecule has 3 aromatic rings. The van der Waals surface area contributed by atoms with Gasteiger partial charge in [0.15, 0.2) is 5.78 Å². The zero-order valence-corrected chi connectivity index (χ0v) is 15.9. The van der Waals surface area contributed by atoms with Gasteiger partial charge < -0.3 is 15.4 Å². The Hall–Kier alpha value is -4.00. The smallest absolute Gasteiger partial charge is 0.257 e. The molecule has 0 unspecified atom stereocenters. The summed E-state index contributed by atoms with van der Waals surface area (Å²) >= 11 is 0. The summed E-state index contributed by atoms with van der Waals surface area (Å²) in [5, 5.41) is 5.45. The molecule has 0 aliphatic rings. The highest BCUT2D eigenvalue weighted by Gasteiger charge is 2.13. The Bertz CT molecular complexity index is 1060. The molecule has 2 amide bonds. The molecule has 29 heavy (non-hydrogen) atoms. The standard InChI is InChI=1S/C22H19N3O4/c1-14(26)15-4-3-5-19(11-15)25-22(28)17-10-16(12-23-13-17)21(27)24-18-6-8-20(29-2)9-7-18/h3-13H,1-2H3,(H,24,27)(H,25,28). The van der Waals surface area contributed by atoms with Gasteiger partial charge in [0.2, 0.25) is 0 Å². The van der Waals surface area contributed by atoms with Gasteiger partial charge in [0.05, 0.1) is 18.2 Å². The summed E-state index contributed by atoms with van der Waals surface area (Å²) in [4.78, 5) is 40.5. The lowest BCUT2D eigenvalue weighted by atomic mass is 10.1. The van der Waals surface area contributed by atoms with Crippen molar-refractivity contribution in [3.63, 3.8) is 0 Å². The Morgan fingerprint density at radius 1 is 0.793 bits per heavy atom. The van der Waals surface area contributed by atoms with E-state index in [1.54, 1.807) is 55.6 Å². The number of anilines is 2. The quantitative estimate of drug-likeness (QED) is 0.625. The molecule has 7 nitrogen and oxygen atoms in total. The van der Waals surface area contributed by atoms with Crippen molar-refractivity contribution in [3.8, 4) is 5.75 Å². The molecule has 0 aliphatic heterocycles. The van der Waals surface area contributed by atoms with Gasteiger partial charge in [-0.3, -0.25) is 19.4 Å². The minimum absolute atomic E-state index is 0.0973. The van der Waals surface area contributed by atoms with Gasteiger partial charge in [-0.25, -0.2) is 0 Å². The van der Waals surface area contributed by atoms with Crippen molar-refractivity contribution >= 4 is 29.0 Å². The highest BCUT2D eigenvalue weighted by atomic mass is 16.5. The third-order valence-corrected chi connectivity index (χ3v) is 4.14. The Balaban J connectivity index is 1.72. The van der Waals surface area contributed by atoms with Crippen LogP contribution >= 0.6 is 0 Å². The minimum Gasteiger partial charge on any atom is -0.497 e. The number of rotatable bonds is 6. The van der Waals surface area contributed by atoms with Crippen LogP contribution < -0.4 is 15.4 Å². The Morgan fingerprint density at radius 3 is 2.00 bits per heavy atom.